The van der Waals surface area contributed by atoms with Gasteiger partial charge in [-0.15, -0.1) is 0 Å². The fourth-order valence-electron chi connectivity index (χ4n) is 1.44. The highest BCUT2D eigenvalue weighted by atomic mass is 32.2. The van der Waals surface area contributed by atoms with Gasteiger partial charge in [-0.25, -0.2) is 8.42 Å². The molecule has 1 saturated heterocycles. The fraction of sp³-hybridized carbons (Fsp3) is 1.00. The van der Waals surface area contributed by atoms with Crippen molar-refractivity contribution < 1.29 is 13.5 Å². The molecule has 0 spiro atoms. The van der Waals surface area contributed by atoms with E-state index >= 15 is 0 Å². The summed E-state index contributed by atoms with van der Waals surface area (Å²) in [5.41, 5.74) is 0. The van der Waals surface area contributed by atoms with Crippen molar-refractivity contribution in [3.8, 4) is 0 Å². The molecule has 1 aliphatic heterocycles. The molecule has 1 aliphatic rings. The standard InChI is InChI=1S/C7H15NO3S/c9-3-4-12(10,11)6-7-1-2-8-5-7/h7-9H,1-6H2. The maximum Gasteiger partial charge on any atom is 0.152 e. The van der Waals surface area contributed by atoms with Gasteiger partial charge in [0.05, 0.1) is 18.1 Å². The number of hydrogen-bond donors (Lipinski definition) is 2. The summed E-state index contributed by atoms with van der Waals surface area (Å²) in [6, 6.07) is 0. The lowest BCUT2D eigenvalue weighted by Gasteiger charge is -2.07. The minimum atomic E-state index is -3.01. The second-order valence-electron chi connectivity index (χ2n) is 3.20. The number of aliphatic hydroxyl groups is 1. The van der Waals surface area contributed by atoms with Gasteiger partial charge in [0.25, 0.3) is 0 Å². The van der Waals surface area contributed by atoms with Gasteiger partial charge < -0.3 is 10.4 Å². The molecule has 0 aromatic heterocycles. The average Bonchev–Trinajstić information content (AvgIpc) is 2.38. The highest BCUT2D eigenvalue weighted by molar-refractivity contribution is 7.91. The predicted molar refractivity (Wildman–Crippen MR) is 46.7 cm³/mol. The van der Waals surface area contributed by atoms with Crippen molar-refractivity contribution in [2.75, 3.05) is 31.2 Å². The van der Waals surface area contributed by atoms with Crippen LogP contribution in [-0.4, -0.2) is 44.7 Å². The van der Waals surface area contributed by atoms with E-state index in [0.29, 0.717) is 0 Å². The van der Waals surface area contributed by atoms with E-state index in [4.69, 9.17) is 5.11 Å². The van der Waals surface area contributed by atoms with Crippen molar-refractivity contribution in [3.63, 3.8) is 0 Å². The van der Waals surface area contributed by atoms with Crippen LogP contribution in [0, 0.1) is 5.92 Å². The number of hydrogen-bond acceptors (Lipinski definition) is 4. The van der Waals surface area contributed by atoms with Crippen molar-refractivity contribution in [3.05, 3.63) is 0 Å². The summed E-state index contributed by atoms with van der Waals surface area (Å²) in [6.07, 6.45) is 0.935. The lowest BCUT2D eigenvalue weighted by Crippen LogP contribution is -2.22. The third-order valence-corrected chi connectivity index (χ3v) is 3.84. The van der Waals surface area contributed by atoms with Crippen LogP contribution in [0.25, 0.3) is 0 Å². The summed E-state index contributed by atoms with van der Waals surface area (Å²) >= 11 is 0. The SMILES string of the molecule is O=S(=O)(CCO)CC1CCNC1. The molecular formula is C7H15NO3S. The molecule has 12 heavy (non-hydrogen) atoms. The maximum atomic E-state index is 11.2. The van der Waals surface area contributed by atoms with Crippen molar-refractivity contribution in [1.29, 1.82) is 0 Å². The molecule has 0 radical (unpaired) electrons. The lowest BCUT2D eigenvalue weighted by atomic mass is 10.2. The first-order chi connectivity index (χ1) is 5.64. The Kier molecular flexibility index (Phi) is 3.49. The van der Waals surface area contributed by atoms with Crippen molar-refractivity contribution in [1.82, 2.24) is 5.32 Å². The molecule has 72 valence electrons. The van der Waals surface area contributed by atoms with Crippen molar-refractivity contribution in [2.24, 2.45) is 5.92 Å². The Morgan fingerprint density at radius 3 is 2.75 bits per heavy atom. The Bertz CT molecular complexity index is 219. The van der Waals surface area contributed by atoms with Gasteiger partial charge in [-0.2, -0.15) is 0 Å². The highest BCUT2D eigenvalue weighted by Gasteiger charge is 2.21. The fourth-order valence-corrected chi connectivity index (χ4v) is 2.89. The Hall–Kier alpha value is -0.130. The van der Waals surface area contributed by atoms with Crippen LogP contribution in [-0.2, 0) is 9.84 Å². The van der Waals surface area contributed by atoms with Crippen LogP contribution in [0.5, 0.6) is 0 Å². The van der Waals surface area contributed by atoms with E-state index < -0.39 is 9.84 Å². The van der Waals surface area contributed by atoms with Crippen LogP contribution in [0.2, 0.25) is 0 Å². The Morgan fingerprint density at radius 1 is 1.50 bits per heavy atom. The lowest BCUT2D eigenvalue weighted by molar-refractivity contribution is 0.319. The minimum Gasteiger partial charge on any atom is -0.395 e. The van der Waals surface area contributed by atoms with Gasteiger partial charge in [-0.1, -0.05) is 0 Å². The molecule has 2 N–H and O–H groups in total. The van der Waals surface area contributed by atoms with Gasteiger partial charge in [0.1, 0.15) is 0 Å². The summed E-state index contributed by atoms with van der Waals surface area (Å²) in [6.45, 7) is 1.45. The molecule has 0 aliphatic carbocycles. The summed E-state index contributed by atoms with van der Waals surface area (Å²) in [7, 11) is -3.01. The van der Waals surface area contributed by atoms with Crippen LogP contribution in [0.4, 0.5) is 0 Å². The quantitative estimate of drug-likeness (QED) is 0.601. The second kappa shape index (κ2) is 4.20. The predicted octanol–water partition coefficient (Wildman–Crippen LogP) is -0.997. The summed E-state index contributed by atoms with van der Waals surface area (Å²) < 4.78 is 22.4. The normalized spacial score (nSPS) is 24.6. The largest absolute Gasteiger partial charge is 0.395 e. The first-order valence-electron chi connectivity index (χ1n) is 4.16. The first-order valence-corrected chi connectivity index (χ1v) is 5.98. The molecule has 0 amide bonds. The molecule has 0 aromatic carbocycles. The molecule has 1 heterocycles. The summed E-state index contributed by atoms with van der Waals surface area (Å²) in [4.78, 5) is 0. The first kappa shape index (κ1) is 9.95. The molecule has 5 heteroatoms. The van der Waals surface area contributed by atoms with E-state index in [1.807, 2.05) is 0 Å². The van der Waals surface area contributed by atoms with Gasteiger partial charge in [0.15, 0.2) is 9.84 Å². The zero-order valence-corrected chi connectivity index (χ0v) is 7.81. The molecule has 1 fully saturated rings. The zero-order valence-electron chi connectivity index (χ0n) is 6.99. The highest BCUT2D eigenvalue weighted by Crippen LogP contribution is 2.10. The molecule has 4 nitrogen and oxygen atoms in total. The number of sulfone groups is 1. The third-order valence-electron chi connectivity index (χ3n) is 2.05. The van der Waals surface area contributed by atoms with Crippen molar-refractivity contribution in [2.45, 2.75) is 6.42 Å². The molecular weight excluding hydrogens is 178 g/mol. The molecule has 1 rings (SSSR count). The van der Waals surface area contributed by atoms with E-state index in [0.717, 1.165) is 19.5 Å². The van der Waals surface area contributed by atoms with E-state index in [1.165, 1.54) is 0 Å². The monoisotopic (exact) mass is 193 g/mol. The van der Waals surface area contributed by atoms with Gasteiger partial charge in [0, 0.05) is 0 Å². The number of nitrogens with one attached hydrogen (secondary N) is 1. The van der Waals surface area contributed by atoms with Gasteiger partial charge in [-0.05, 0) is 25.4 Å². The Morgan fingerprint density at radius 2 is 2.25 bits per heavy atom. The number of aliphatic hydroxyl groups excluding tert-OH is 1. The molecule has 1 atom stereocenters. The van der Waals surface area contributed by atoms with E-state index in [1.54, 1.807) is 0 Å². The van der Waals surface area contributed by atoms with Crippen LogP contribution in [0.1, 0.15) is 6.42 Å². The van der Waals surface area contributed by atoms with Gasteiger partial charge in [-0.3, -0.25) is 0 Å². The van der Waals surface area contributed by atoms with Crippen LogP contribution in [0.15, 0.2) is 0 Å². The van der Waals surface area contributed by atoms with E-state index in [9.17, 15) is 8.42 Å². The zero-order chi connectivity index (χ0) is 9.03. The maximum absolute atomic E-state index is 11.2. The van der Waals surface area contributed by atoms with Gasteiger partial charge >= 0.3 is 0 Å². The molecule has 0 aromatic rings. The minimum absolute atomic E-state index is 0.0937. The average molecular weight is 193 g/mol. The summed E-state index contributed by atoms with van der Waals surface area (Å²) in [5, 5.41) is 11.6. The van der Waals surface area contributed by atoms with Crippen LogP contribution < -0.4 is 5.32 Å². The molecule has 0 saturated carbocycles. The molecule has 1 unspecified atom stereocenters. The van der Waals surface area contributed by atoms with E-state index in [-0.39, 0.29) is 24.0 Å². The van der Waals surface area contributed by atoms with Gasteiger partial charge in [0.2, 0.25) is 0 Å². The smallest absolute Gasteiger partial charge is 0.152 e. The van der Waals surface area contributed by atoms with Crippen LogP contribution in [0.3, 0.4) is 0 Å². The van der Waals surface area contributed by atoms with Crippen LogP contribution >= 0.6 is 0 Å². The molecule has 0 bridgehead atoms. The second-order valence-corrected chi connectivity index (χ2v) is 5.43. The number of rotatable bonds is 4. The third kappa shape index (κ3) is 3.08. The topological polar surface area (TPSA) is 66.4 Å². The van der Waals surface area contributed by atoms with Crippen molar-refractivity contribution >= 4 is 9.84 Å². The Balaban J connectivity index is 2.38. The summed E-state index contributed by atoms with van der Waals surface area (Å²) in [5.74, 6) is 0.380. The Labute approximate surface area is 72.9 Å². The van der Waals surface area contributed by atoms with E-state index in [2.05, 4.69) is 5.32 Å².